The van der Waals surface area contributed by atoms with Crippen molar-refractivity contribution in [3.63, 3.8) is 0 Å². The smallest absolute Gasteiger partial charge is 0.306 e. The van der Waals surface area contributed by atoms with Crippen molar-refractivity contribution in [1.29, 1.82) is 0 Å². The van der Waals surface area contributed by atoms with Crippen LogP contribution in [0.5, 0.6) is 0 Å². The van der Waals surface area contributed by atoms with Gasteiger partial charge in [0.25, 0.3) is 0 Å². The normalized spacial score (nSPS) is 10.6. The van der Waals surface area contributed by atoms with Gasteiger partial charge in [-0.05, 0) is 41.0 Å². The van der Waals surface area contributed by atoms with E-state index in [0.29, 0.717) is 13.0 Å². The lowest BCUT2D eigenvalue weighted by Gasteiger charge is -2.11. The highest BCUT2D eigenvalue weighted by atomic mass is 16.5. The van der Waals surface area contributed by atoms with Crippen molar-refractivity contribution in [3.05, 3.63) is 17.1 Å². The summed E-state index contributed by atoms with van der Waals surface area (Å²) in [6.45, 7) is 10.2. The molecule has 1 rings (SSSR count). The zero-order valence-corrected chi connectivity index (χ0v) is 12.4. The number of nitrogens with one attached hydrogen (secondary N) is 1. The summed E-state index contributed by atoms with van der Waals surface area (Å²) in [5.41, 5.74) is 2.03. The molecule has 0 saturated heterocycles. The summed E-state index contributed by atoms with van der Waals surface area (Å²) in [6.07, 6.45) is 1.11. The molecule has 5 heteroatoms. The second-order valence-corrected chi connectivity index (χ2v) is 4.90. The predicted molar refractivity (Wildman–Crippen MR) is 75.2 cm³/mol. The van der Waals surface area contributed by atoms with E-state index in [4.69, 9.17) is 4.74 Å². The first-order valence-electron chi connectivity index (χ1n) is 6.65. The van der Waals surface area contributed by atoms with Gasteiger partial charge in [0.05, 0.1) is 6.10 Å². The monoisotopic (exact) mass is 265 g/mol. The van der Waals surface area contributed by atoms with Gasteiger partial charge in [0.2, 0.25) is 0 Å². The standard InChI is InChI=1S/C14H23N3O2/c1-9(2)19-13(18)7-6-8-15-14-10(3)11(4)16-12(5)17-14/h9H,6-8H2,1-5H3,(H,15,16,17). The van der Waals surface area contributed by atoms with E-state index < -0.39 is 0 Å². The van der Waals surface area contributed by atoms with Gasteiger partial charge in [-0.15, -0.1) is 0 Å². The average molecular weight is 265 g/mol. The Morgan fingerprint density at radius 2 is 1.95 bits per heavy atom. The van der Waals surface area contributed by atoms with E-state index in [0.717, 1.165) is 29.3 Å². The molecule has 0 unspecified atom stereocenters. The summed E-state index contributed by atoms with van der Waals surface area (Å²) < 4.78 is 5.07. The van der Waals surface area contributed by atoms with Crippen LogP contribution in [0, 0.1) is 20.8 Å². The number of aryl methyl sites for hydroxylation is 2. The molecule has 0 radical (unpaired) electrons. The fourth-order valence-corrected chi connectivity index (χ4v) is 1.70. The third-order valence-corrected chi connectivity index (χ3v) is 2.72. The van der Waals surface area contributed by atoms with Crippen LogP contribution in [-0.4, -0.2) is 28.6 Å². The minimum Gasteiger partial charge on any atom is -0.463 e. The average Bonchev–Trinajstić information content (AvgIpc) is 2.29. The molecule has 5 nitrogen and oxygen atoms in total. The van der Waals surface area contributed by atoms with E-state index in [-0.39, 0.29) is 12.1 Å². The highest BCUT2D eigenvalue weighted by molar-refractivity contribution is 5.69. The molecule has 0 bridgehead atoms. The number of rotatable bonds is 6. The van der Waals surface area contributed by atoms with Crippen molar-refractivity contribution in [2.24, 2.45) is 0 Å². The Kier molecular flexibility index (Phi) is 5.73. The summed E-state index contributed by atoms with van der Waals surface area (Å²) in [4.78, 5) is 20.0. The molecule has 0 aromatic carbocycles. The topological polar surface area (TPSA) is 64.1 Å². The van der Waals surface area contributed by atoms with Gasteiger partial charge < -0.3 is 10.1 Å². The molecule has 19 heavy (non-hydrogen) atoms. The van der Waals surface area contributed by atoms with Gasteiger partial charge in [0.1, 0.15) is 11.6 Å². The number of anilines is 1. The van der Waals surface area contributed by atoms with Crippen LogP contribution in [0.25, 0.3) is 0 Å². The zero-order valence-electron chi connectivity index (χ0n) is 12.4. The first kappa shape index (κ1) is 15.4. The second kappa shape index (κ2) is 7.07. The number of aromatic nitrogens is 2. The van der Waals surface area contributed by atoms with Crippen LogP contribution in [0.1, 0.15) is 43.8 Å². The molecule has 0 aliphatic heterocycles. The van der Waals surface area contributed by atoms with Crippen LogP contribution in [0.4, 0.5) is 5.82 Å². The summed E-state index contributed by atoms with van der Waals surface area (Å²) in [5.74, 6) is 1.45. The van der Waals surface area contributed by atoms with Crippen LogP contribution < -0.4 is 5.32 Å². The molecule has 0 fully saturated rings. The molecule has 1 aromatic heterocycles. The Hall–Kier alpha value is -1.65. The Morgan fingerprint density at radius 3 is 2.58 bits per heavy atom. The van der Waals surface area contributed by atoms with Crippen LogP contribution >= 0.6 is 0 Å². The Bertz CT molecular complexity index is 445. The third-order valence-electron chi connectivity index (χ3n) is 2.72. The molecular formula is C14H23N3O2. The lowest BCUT2D eigenvalue weighted by molar-refractivity contribution is -0.147. The number of carbonyl (C=O) groups is 1. The Labute approximate surface area is 114 Å². The summed E-state index contributed by atoms with van der Waals surface area (Å²) in [5, 5.41) is 3.24. The van der Waals surface area contributed by atoms with Crippen molar-refractivity contribution >= 4 is 11.8 Å². The maximum absolute atomic E-state index is 11.4. The molecule has 0 aliphatic rings. The van der Waals surface area contributed by atoms with Crippen LogP contribution in [-0.2, 0) is 9.53 Å². The third kappa shape index (κ3) is 5.24. The van der Waals surface area contributed by atoms with Crippen molar-refractivity contribution in [2.75, 3.05) is 11.9 Å². The molecule has 1 heterocycles. The van der Waals surface area contributed by atoms with Gasteiger partial charge in [0.15, 0.2) is 0 Å². The molecule has 0 amide bonds. The van der Waals surface area contributed by atoms with E-state index in [9.17, 15) is 4.79 Å². The van der Waals surface area contributed by atoms with Gasteiger partial charge in [-0.3, -0.25) is 4.79 Å². The highest BCUT2D eigenvalue weighted by Gasteiger charge is 2.07. The predicted octanol–water partition coefficient (Wildman–Crippen LogP) is 2.55. The highest BCUT2D eigenvalue weighted by Crippen LogP contribution is 2.14. The Morgan fingerprint density at radius 1 is 1.26 bits per heavy atom. The summed E-state index contributed by atoms with van der Waals surface area (Å²) in [6, 6.07) is 0. The van der Waals surface area contributed by atoms with Gasteiger partial charge in [0, 0.05) is 24.2 Å². The SMILES string of the molecule is Cc1nc(C)c(C)c(NCCCC(=O)OC(C)C)n1. The number of hydrogen-bond acceptors (Lipinski definition) is 5. The fourth-order valence-electron chi connectivity index (χ4n) is 1.70. The summed E-state index contributed by atoms with van der Waals surface area (Å²) >= 11 is 0. The summed E-state index contributed by atoms with van der Waals surface area (Å²) in [7, 11) is 0. The van der Waals surface area contributed by atoms with Gasteiger partial charge in [-0.25, -0.2) is 9.97 Å². The maximum atomic E-state index is 11.4. The van der Waals surface area contributed by atoms with Crippen molar-refractivity contribution < 1.29 is 9.53 Å². The molecule has 0 atom stereocenters. The fraction of sp³-hybridized carbons (Fsp3) is 0.643. The molecular weight excluding hydrogens is 242 g/mol. The molecule has 0 aliphatic carbocycles. The maximum Gasteiger partial charge on any atom is 0.306 e. The molecule has 0 saturated carbocycles. The largest absolute Gasteiger partial charge is 0.463 e. The molecule has 1 N–H and O–H groups in total. The van der Waals surface area contributed by atoms with E-state index in [1.54, 1.807) is 0 Å². The lowest BCUT2D eigenvalue weighted by Crippen LogP contribution is -2.14. The van der Waals surface area contributed by atoms with Crippen molar-refractivity contribution in [3.8, 4) is 0 Å². The minimum atomic E-state index is -0.149. The number of esters is 1. The second-order valence-electron chi connectivity index (χ2n) is 4.90. The molecule has 0 spiro atoms. The van der Waals surface area contributed by atoms with Crippen LogP contribution in [0.2, 0.25) is 0 Å². The lowest BCUT2D eigenvalue weighted by atomic mass is 10.2. The van der Waals surface area contributed by atoms with E-state index >= 15 is 0 Å². The first-order chi connectivity index (χ1) is 8.90. The van der Waals surface area contributed by atoms with Gasteiger partial charge in [-0.2, -0.15) is 0 Å². The quantitative estimate of drug-likeness (QED) is 0.632. The van der Waals surface area contributed by atoms with Gasteiger partial charge >= 0.3 is 5.97 Å². The minimum absolute atomic E-state index is 0.0464. The van der Waals surface area contributed by atoms with E-state index in [1.807, 2.05) is 34.6 Å². The first-order valence-corrected chi connectivity index (χ1v) is 6.65. The number of carbonyl (C=O) groups excluding carboxylic acids is 1. The van der Waals surface area contributed by atoms with E-state index in [1.165, 1.54) is 0 Å². The van der Waals surface area contributed by atoms with Crippen LogP contribution in [0.3, 0.4) is 0 Å². The molecule has 106 valence electrons. The van der Waals surface area contributed by atoms with Crippen molar-refractivity contribution in [2.45, 2.75) is 53.6 Å². The van der Waals surface area contributed by atoms with Crippen molar-refractivity contribution in [1.82, 2.24) is 9.97 Å². The Balaban J connectivity index is 2.40. The van der Waals surface area contributed by atoms with Crippen LogP contribution in [0.15, 0.2) is 0 Å². The van der Waals surface area contributed by atoms with E-state index in [2.05, 4.69) is 15.3 Å². The number of nitrogens with zero attached hydrogens (tertiary/aromatic N) is 2. The zero-order chi connectivity index (χ0) is 14.4. The number of hydrogen-bond donors (Lipinski definition) is 1. The molecule has 1 aromatic rings. The number of ether oxygens (including phenoxy) is 1. The van der Waals surface area contributed by atoms with Gasteiger partial charge in [-0.1, -0.05) is 0 Å².